The largest absolute Gasteiger partial charge is 0.492 e. The molecule has 1 N–H and O–H groups in total. The number of hydrogen-bond donors (Lipinski definition) is 1. The molecule has 7 nitrogen and oxygen atoms in total. The lowest BCUT2D eigenvalue weighted by Crippen LogP contribution is -2.31. The molecule has 0 aliphatic heterocycles. The molecule has 0 radical (unpaired) electrons. The molecule has 0 spiro atoms. The van der Waals surface area contributed by atoms with Gasteiger partial charge in [-0.2, -0.15) is 0 Å². The first-order valence-electron chi connectivity index (χ1n) is 8.94. The molecule has 0 fully saturated rings. The average Bonchev–Trinajstić information content (AvgIpc) is 2.71. The lowest BCUT2D eigenvalue weighted by Gasteiger charge is -2.13. The van der Waals surface area contributed by atoms with E-state index in [1.165, 1.54) is 23.0 Å². The third-order valence-electron chi connectivity index (χ3n) is 4.09. The fourth-order valence-electron chi connectivity index (χ4n) is 2.71. The van der Waals surface area contributed by atoms with Crippen molar-refractivity contribution in [2.75, 3.05) is 13.2 Å². The molecule has 9 heteroatoms. The van der Waals surface area contributed by atoms with Gasteiger partial charge in [0.05, 0.1) is 18.6 Å². The predicted molar refractivity (Wildman–Crippen MR) is 114 cm³/mol. The van der Waals surface area contributed by atoms with Gasteiger partial charge >= 0.3 is 0 Å². The summed E-state index contributed by atoms with van der Waals surface area (Å²) in [7, 11) is -3.81. The van der Waals surface area contributed by atoms with Crippen molar-refractivity contribution < 1.29 is 13.2 Å². The van der Waals surface area contributed by atoms with Crippen LogP contribution in [-0.4, -0.2) is 31.1 Å². The molecule has 0 bridgehead atoms. The SMILES string of the molecule is CCOc1ccc(Br)cc1S(=O)(=O)NCCn1cnc(-c2ccccc2)cc1=O. The highest BCUT2D eigenvalue weighted by molar-refractivity contribution is 9.10. The van der Waals surface area contributed by atoms with Crippen LogP contribution in [0.2, 0.25) is 0 Å². The zero-order valence-corrected chi connectivity index (χ0v) is 18.1. The van der Waals surface area contributed by atoms with Crippen LogP contribution in [0.1, 0.15) is 6.92 Å². The Morgan fingerprint density at radius 1 is 1.14 bits per heavy atom. The summed E-state index contributed by atoms with van der Waals surface area (Å²) in [5.41, 5.74) is 1.16. The molecule has 0 aliphatic carbocycles. The average molecular weight is 478 g/mol. The zero-order valence-electron chi connectivity index (χ0n) is 15.7. The highest BCUT2D eigenvalue weighted by Crippen LogP contribution is 2.27. The zero-order chi connectivity index (χ0) is 20.9. The minimum absolute atomic E-state index is 0.0344. The van der Waals surface area contributed by atoms with Crippen molar-refractivity contribution in [3.05, 3.63) is 75.8 Å². The molecule has 29 heavy (non-hydrogen) atoms. The molecule has 1 heterocycles. The van der Waals surface area contributed by atoms with E-state index in [0.717, 1.165) is 5.56 Å². The van der Waals surface area contributed by atoms with Gasteiger partial charge in [0.25, 0.3) is 5.56 Å². The van der Waals surface area contributed by atoms with E-state index in [4.69, 9.17) is 4.74 Å². The quantitative estimate of drug-likeness (QED) is 0.538. The summed E-state index contributed by atoms with van der Waals surface area (Å²) in [4.78, 5) is 16.7. The standard InChI is InChI=1S/C20H20BrN3O4S/c1-2-28-18-9-8-16(21)12-19(18)29(26,27)23-10-11-24-14-22-17(13-20(24)25)15-6-4-3-5-7-15/h3-9,12-14,23H,2,10-11H2,1H3. The maximum absolute atomic E-state index is 12.7. The van der Waals surface area contributed by atoms with Crippen molar-refractivity contribution in [1.29, 1.82) is 0 Å². The highest BCUT2D eigenvalue weighted by Gasteiger charge is 2.20. The molecule has 0 unspecified atom stereocenters. The molecule has 152 valence electrons. The first kappa shape index (κ1) is 21.2. The van der Waals surface area contributed by atoms with Gasteiger partial charge in [0.15, 0.2) is 0 Å². The fraction of sp³-hybridized carbons (Fsp3) is 0.200. The van der Waals surface area contributed by atoms with Gasteiger partial charge in [0.2, 0.25) is 10.0 Å². The van der Waals surface area contributed by atoms with Gasteiger partial charge in [0.1, 0.15) is 10.6 Å². The summed E-state index contributed by atoms with van der Waals surface area (Å²) >= 11 is 3.28. The molecule has 3 aromatic rings. The molecule has 1 aromatic heterocycles. The summed E-state index contributed by atoms with van der Waals surface area (Å²) in [5.74, 6) is 0.272. The number of rotatable bonds is 8. The maximum Gasteiger partial charge on any atom is 0.253 e. The molecular formula is C20H20BrN3O4S. The number of halogens is 1. The molecule has 0 saturated heterocycles. The summed E-state index contributed by atoms with van der Waals surface area (Å²) in [6.45, 7) is 2.31. The van der Waals surface area contributed by atoms with Crippen molar-refractivity contribution in [1.82, 2.24) is 14.3 Å². The van der Waals surface area contributed by atoms with E-state index < -0.39 is 10.0 Å². The van der Waals surface area contributed by atoms with Gasteiger partial charge in [-0.3, -0.25) is 9.36 Å². The summed E-state index contributed by atoms with van der Waals surface area (Å²) in [5, 5.41) is 0. The topological polar surface area (TPSA) is 90.3 Å². The van der Waals surface area contributed by atoms with E-state index in [-0.39, 0.29) is 29.3 Å². The van der Waals surface area contributed by atoms with E-state index in [2.05, 4.69) is 25.6 Å². The monoisotopic (exact) mass is 477 g/mol. The first-order chi connectivity index (χ1) is 13.9. The second kappa shape index (κ2) is 9.34. The number of hydrogen-bond acceptors (Lipinski definition) is 5. The van der Waals surface area contributed by atoms with Crippen LogP contribution in [-0.2, 0) is 16.6 Å². The van der Waals surface area contributed by atoms with Crippen LogP contribution in [0.3, 0.4) is 0 Å². The van der Waals surface area contributed by atoms with Crippen LogP contribution < -0.4 is 15.0 Å². The highest BCUT2D eigenvalue weighted by atomic mass is 79.9. The molecular weight excluding hydrogens is 458 g/mol. The first-order valence-corrected chi connectivity index (χ1v) is 11.2. The second-order valence-electron chi connectivity index (χ2n) is 6.09. The van der Waals surface area contributed by atoms with Crippen LogP contribution >= 0.6 is 15.9 Å². The predicted octanol–water partition coefficient (Wildman–Crippen LogP) is 3.05. The number of ether oxygens (including phenoxy) is 1. The van der Waals surface area contributed by atoms with E-state index in [0.29, 0.717) is 16.8 Å². The second-order valence-corrected chi connectivity index (χ2v) is 8.74. The van der Waals surface area contributed by atoms with Crippen LogP contribution in [0.15, 0.2) is 75.1 Å². The lowest BCUT2D eigenvalue weighted by atomic mass is 10.1. The number of nitrogens with one attached hydrogen (secondary N) is 1. The van der Waals surface area contributed by atoms with Gasteiger partial charge in [-0.1, -0.05) is 46.3 Å². The van der Waals surface area contributed by atoms with Gasteiger partial charge in [0, 0.05) is 29.2 Å². The Labute approximate surface area is 177 Å². The lowest BCUT2D eigenvalue weighted by molar-refractivity contribution is 0.331. The summed E-state index contributed by atoms with van der Waals surface area (Å²) in [6, 6.07) is 15.6. The molecule has 0 aliphatic rings. The van der Waals surface area contributed by atoms with Crippen molar-refractivity contribution in [3.8, 4) is 17.0 Å². The Balaban J connectivity index is 1.71. The van der Waals surface area contributed by atoms with Crippen LogP contribution in [0.4, 0.5) is 0 Å². The minimum Gasteiger partial charge on any atom is -0.492 e. The molecule has 0 saturated carbocycles. The Morgan fingerprint density at radius 2 is 1.90 bits per heavy atom. The third-order valence-corrected chi connectivity index (χ3v) is 6.06. The Bertz CT molecular complexity index is 1150. The van der Waals surface area contributed by atoms with Crippen LogP contribution in [0.5, 0.6) is 5.75 Å². The van der Waals surface area contributed by atoms with Gasteiger partial charge in [-0.05, 0) is 25.1 Å². The minimum atomic E-state index is -3.81. The maximum atomic E-state index is 12.7. The summed E-state index contributed by atoms with van der Waals surface area (Å²) in [6.07, 6.45) is 1.42. The number of sulfonamides is 1. The van der Waals surface area contributed by atoms with E-state index in [1.807, 2.05) is 30.3 Å². The van der Waals surface area contributed by atoms with Gasteiger partial charge < -0.3 is 4.74 Å². The molecule has 3 rings (SSSR count). The van der Waals surface area contributed by atoms with Gasteiger partial charge in [-0.15, -0.1) is 0 Å². The molecule has 0 atom stereocenters. The van der Waals surface area contributed by atoms with Crippen molar-refractivity contribution >= 4 is 26.0 Å². The van der Waals surface area contributed by atoms with Crippen molar-refractivity contribution in [3.63, 3.8) is 0 Å². The number of aromatic nitrogens is 2. The number of benzene rings is 2. The molecule has 2 aromatic carbocycles. The Morgan fingerprint density at radius 3 is 2.59 bits per heavy atom. The van der Waals surface area contributed by atoms with Gasteiger partial charge in [-0.25, -0.2) is 18.1 Å². The normalized spacial score (nSPS) is 11.4. The van der Waals surface area contributed by atoms with Crippen molar-refractivity contribution in [2.45, 2.75) is 18.4 Å². The Hall–Kier alpha value is -2.49. The van der Waals surface area contributed by atoms with Crippen molar-refractivity contribution in [2.24, 2.45) is 0 Å². The third kappa shape index (κ3) is 5.31. The fourth-order valence-corrected chi connectivity index (χ4v) is 4.41. The number of nitrogens with zero attached hydrogens (tertiary/aromatic N) is 2. The van der Waals surface area contributed by atoms with Crippen LogP contribution in [0, 0.1) is 0 Å². The van der Waals surface area contributed by atoms with E-state index in [9.17, 15) is 13.2 Å². The van der Waals surface area contributed by atoms with E-state index >= 15 is 0 Å². The molecule has 0 amide bonds. The summed E-state index contributed by atoms with van der Waals surface area (Å²) < 4.78 is 35.3. The Kier molecular flexibility index (Phi) is 6.83. The van der Waals surface area contributed by atoms with Crippen LogP contribution in [0.25, 0.3) is 11.3 Å². The van der Waals surface area contributed by atoms with E-state index in [1.54, 1.807) is 19.1 Å². The smallest absolute Gasteiger partial charge is 0.253 e.